The van der Waals surface area contributed by atoms with Gasteiger partial charge in [-0.2, -0.15) is 5.10 Å². The Hall–Kier alpha value is -1.86. The smallest absolute Gasteiger partial charge is 0.214 e. The predicted octanol–water partition coefficient (Wildman–Crippen LogP) is 1.58. The first-order chi connectivity index (χ1) is 9.79. The summed E-state index contributed by atoms with van der Waals surface area (Å²) in [4.78, 5) is 0. The van der Waals surface area contributed by atoms with Crippen LogP contribution in [0, 0.1) is 4.77 Å². The van der Waals surface area contributed by atoms with E-state index in [2.05, 4.69) is 15.2 Å². The summed E-state index contributed by atoms with van der Waals surface area (Å²) in [5.74, 6) is 1.63. The molecule has 1 aliphatic heterocycles. The van der Waals surface area contributed by atoms with E-state index < -0.39 is 0 Å². The molecule has 7 heteroatoms. The summed E-state index contributed by atoms with van der Waals surface area (Å²) in [6.45, 7) is 3.01. The number of ether oxygens (including phenoxy) is 2. The van der Waals surface area contributed by atoms with Crippen LogP contribution in [0.3, 0.4) is 0 Å². The van der Waals surface area contributed by atoms with Gasteiger partial charge in [0.2, 0.25) is 4.77 Å². The number of morpholine rings is 1. The molecule has 0 radical (unpaired) electrons. The number of nitrogens with zero attached hydrogens (tertiary/aromatic N) is 3. The van der Waals surface area contributed by atoms with Crippen LogP contribution in [0.2, 0.25) is 0 Å². The zero-order valence-electron chi connectivity index (χ0n) is 11.2. The van der Waals surface area contributed by atoms with Gasteiger partial charge in [-0.15, -0.1) is 0 Å². The van der Waals surface area contributed by atoms with Crippen molar-refractivity contribution < 1.29 is 9.47 Å². The number of hydrogen-bond donors (Lipinski definition) is 1. The van der Waals surface area contributed by atoms with E-state index >= 15 is 0 Å². The first-order valence-corrected chi connectivity index (χ1v) is 6.85. The Morgan fingerprint density at radius 2 is 1.95 bits per heavy atom. The van der Waals surface area contributed by atoms with E-state index in [0.717, 1.165) is 30.2 Å². The molecule has 1 fully saturated rings. The van der Waals surface area contributed by atoms with Crippen molar-refractivity contribution in [3.8, 4) is 17.1 Å². The molecule has 3 rings (SSSR count). The molecular weight excluding hydrogens is 276 g/mol. The molecule has 2 aromatic rings. The number of nitrogens with one attached hydrogen (secondary N) is 1. The van der Waals surface area contributed by atoms with Crippen LogP contribution in [-0.4, -0.2) is 48.3 Å². The molecule has 0 saturated carbocycles. The van der Waals surface area contributed by atoms with E-state index in [4.69, 9.17) is 21.7 Å². The van der Waals surface area contributed by atoms with Crippen molar-refractivity contribution >= 4 is 12.2 Å². The molecule has 0 unspecified atom stereocenters. The van der Waals surface area contributed by atoms with Gasteiger partial charge in [-0.25, -0.2) is 9.77 Å². The molecular formula is C13H16N4O2S. The Labute approximate surface area is 121 Å². The van der Waals surface area contributed by atoms with Crippen LogP contribution in [0.1, 0.15) is 0 Å². The highest BCUT2D eigenvalue weighted by molar-refractivity contribution is 7.71. The quantitative estimate of drug-likeness (QED) is 0.871. The molecule has 20 heavy (non-hydrogen) atoms. The maximum absolute atomic E-state index is 5.38. The molecule has 1 aliphatic rings. The van der Waals surface area contributed by atoms with Crippen LogP contribution in [0.25, 0.3) is 11.4 Å². The SMILES string of the molecule is COc1ccc(-c2n[nH]c(=S)n2N2CCOCC2)cc1. The highest BCUT2D eigenvalue weighted by Gasteiger charge is 2.17. The summed E-state index contributed by atoms with van der Waals surface area (Å²) in [6, 6.07) is 7.77. The minimum absolute atomic E-state index is 0.595. The minimum atomic E-state index is 0.595. The van der Waals surface area contributed by atoms with Gasteiger partial charge in [0, 0.05) is 5.56 Å². The molecule has 0 spiro atoms. The Kier molecular flexibility index (Phi) is 3.70. The molecule has 0 atom stereocenters. The number of methoxy groups -OCH3 is 1. The monoisotopic (exact) mass is 292 g/mol. The van der Waals surface area contributed by atoms with E-state index in [1.807, 2.05) is 28.9 Å². The second kappa shape index (κ2) is 5.64. The molecule has 106 valence electrons. The topological polar surface area (TPSA) is 55.3 Å². The standard InChI is InChI=1S/C13H16N4O2S/c1-18-11-4-2-10(3-5-11)12-14-15-13(20)17(12)16-6-8-19-9-7-16/h2-5H,6-9H2,1H3,(H,15,20). The number of hydrogen-bond acceptors (Lipinski definition) is 5. The average molecular weight is 292 g/mol. The van der Waals surface area contributed by atoms with Crippen molar-refractivity contribution in [2.45, 2.75) is 0 Å². The van der Waals surface area contributed by atoms with E-state index in [-0.39, 0.29) is 0 Å². The molecule has 1 saturated heterocycles. The molecule has 1 N–H and O–H groups in total. The fourth-order valence-corrected chi connectivity index (χ4v) is 2.48. The summed E-state index contributed by atoms with van der Waals surface area (Å²) in [7, 11) is 1.65. The van der Waals surface area contributed by atoms with Crippen LogP contribution in [0.4, 0.5) is 0 Å². The predicted molar refractivity (Wildman–Crippen MR) is 78.2 cm³/mol. The van der Waals surface area contributed by atoms with Gasteiger partial charge in [-0.3, -0.25) is 0 Å². The number of benzene rings is 1. The average Bonchev–Trinajstić information content (AvgIpc) is 2.90. The molecule has 6 nitrogen and oxygen atoms in total. The van der Waals surface area contributed by atoms with Crippen molar-refractivity contribution in [3.05, 3.63) is 29.0 Å². The fraction of sp³-hybridized carbons (Fsp3) is 0.385. The highest BCUT2D eigenvalue weighted by Crippen LogP contribution is 2.21. The largest absolute Gasteiger partial charge is 0.497 e. The summed E-state index contributed by atoms with van der Waals surface area (Å²) in [5, 5.41) is 9.35. The summed E-state index contributed by atoms with van der Waals surface area (Å²) in [6.07, 6.45) is 0. The third-order valence-electron chi connectivity index (χ3n) is 3.27. The molecule has 1 aromatic heterocycles. The van der Waals surface area contributed by atoms with Crippen LogP contribution in [0.5, 0.6) is 5.75 Å². The van der Waals surface area contributed by atoms with Crippen molar-refractivity contribution in [1.29, 1.82) is 0 Å². The van der Waals surface area contributed by atoms with Crippen LogP contribution in [-0.2, 0) is 4.74 Å². The first-order valence-electron chi connectivity index (χ1n) is 6.44. The second-order valence-electron chi connectivity index (χ2n) is 4.46. The van der Waals surface area contributed by atoms with E-state index in [0.29, 0.717) is 18.0 Å². The second-order valence-corrected chi connectivity index (χ2v) is 4.85. The van der Waals surface area contributed by atoms with E-state index in [1.165, 1.54) is 0 Å². The minimum Gasteiger partial charge on any atom is -0.497 e. The lowest BCUT2D eigenvalue weighted by Crippen LogP contribution is -2.44. The summed E-state index contributed by atoms with van der Waals surface area (Å²) < 4.78 is 13.1. The van der Waals surface area contributed by atoms with Crippen LogP contribution in [0.15, 0.2) is 24.3 Å². The first kappa shape index (κ1) is 13.1. The maximum Gasteiger partial charge on any atom is 0.214 e. The Morgan fingerprint density at radius 1 is 1.25 bits per heavy atom. The number of aromatic nitrogens is 3. The van der Waals surface area contributed by atoms with E-state index in [9.17, 15) is 0 Å². The van der Waals surface area contributed by atoms with Crippen LogP contribution >= 0.6 is 12.2 Å². The number of rotatable bonds is 3. The third-order valence-corrected chi connectivity index (χ3v) is 3.53. The normalized spacial score (nSPS) is 15.3. The zero-order valence-corrected chi connectivity index (χ0v) is 12.0. The third kappa shape index (κ3) is 2.41. The van der Waals surface area contributed by atoms with Crippen molar-refractivity contribution in [2.24, 2.45) is 0 Å². The van der Waals surface area contributed by atoms with Crippen LogP contribution < -0.4 is 9.75 Å². The lowest BCUT2D eigenvalue weighted by Gasteiger charge is -2.30. The van der Waals surface area contributed by atoms with Crippen molar-refractivity contribution in [3.63, 3.8) is 0 Å². The number of H-pyrrole nitrogens is 1. The van der Waals surface area contributed by atoms with Gasteiger partial charge in [-0.1, -0.05) is 0 Å². The van der Waals surface area contributed by atoms with Gasteiger partial charge >= 0.3 is 0 Å². The van der Waals surface area contributed by atoms with Gasteiger partial charge in [0.15, 0.2) is 5.82 Å². The lowest BCUT2D eigenvalue weighted by atomic mass is 10.2. The lowest BCUT2D eigenvalue weighted by molar-refractivity contribution is 0.111. The highest BCUT2D eigenvalue weighted by atomic mass is 32.1. The van der Waals surface area contributed by atoms with Gasteiger partial charge in [0.1, 0.15) is 5.75 Å². The van der Waals surface area contributed by atoms with Crippen molar-refractivity contribution in [2.75, 3.05) is 38.4 Å². The van der Waals surface area contributed by atoms with Gasteiger partial charge in [-0.05, 0) is 36.5 Å². The van der Waals surface area contributed by atoms with Gasteiger partial charge in [0.25, 0.3) is 0 Å². The maximum atomic E-state index is 5.38. The summed E-state index contributed by atoms with van der Waals surface area (Å²) in [5.41, 5.74) is 0.990. The fourth-order valence-electron chi connectivity index (χ4n) is 2.23. The van der Waals surface area contributed by atoms with E-state index in [1.54, 1.807) is 7.11 Å². The Morgan fingerprint density at radius 3 is 2.60 bits per heavy atom. The van der Waals surface area contributed by atoms with Gasteiger partial charge in [0.05, 0.1) is 33.4 Å². The van der Waals surface area contributed by atoms with Crippen molar-refractivity contribution in [1.82, 2.24) is 14.9 Å². The Balaban J connectivity index is 1.98. The van der Waals surface area contributed by atoms with Gasteiger partial charge < -0.3 is 14.5 Å². The Bertz CT molecular complexity index is 629. The molecule has 0 aliphatic carbocycles. The zero-order chi connectivity index (χ0) is 13.9. The summed E-state index contributed by atoms with van der Waals surface area (Å²) >= 11 is 5.34. The molecule has 0 bridgehead atoms. The molecule has 0 amide bonds. The molecule has 2 heterocycles. The number of aromatic amines is 1. The molecule has 1 aromatic carbocycles.